The van der Waals surface area contributed by atoms with E-state index in [0.29, 0.717) is 28.7 Å². The van der Waals surface area contributed by atoms with E-state index < -0.39 is 0 Å². The summed E-state index contributed by atoms with van der Waals surface area (Å²) >= 11 is 0. The Morgan fingerprint density at radius 3 is 2.47 bits per heavy atom. The Kier molecular flexibility index (Phi) is 4.32. The highest BCUT2D eigenvalue weighted by molar-refractivity contribution is 6.07. The number of pyridine rings is 1. The van der Waals surface area contributed by atoms with E-state index in [-0.39, 0.29) is 0 Å². The molecule has 0 aliphatic rings. The zero-order chi connectivity index (χ0) is 21.3. The number of rotatable bonds is 5. The minimum absolute atomic E-state index is 0.520. The van der Waals surface area contributed by atoms with Crippen molar-refractivity contribution in [2.45, 2.75) is 0 Å². The minimum atomic E-state index is 0.520. The van der Waals surface area contributed by atoms with Crippen LogP contribution in [0.15, 0.2) is 108 Å². The molecule has 6 rings (SSSR count). The Morgan fingerprint density at radius 2 is 1.62 bits per heavy atom. The molecule has 3 heterocycles. The summed E-state index contributed by atoms with van der Waals surface area (Å²) in [7, 11) is 0. The molecule has 0 fully saturated rings. The number of benzene rings is 3. The van der Waals surface area contributed by atoms with Gasteiger partial charge in [-0.2, -0.15) is 0 Å². The maximum atomic E-state index is 6.31. The topological polar surface area (TPSA) is 62.3 Å². The molecule has 3 aromatic carbocycles. The highest BCUT2D eigenvalue weighted by Crippen LogP contribution is 2.39. The molecule has 0 aliphatic heterocycles. The van der Waals surface area contributed by atoms with Crippen LogP contribution in [-0.4, -0.2) is 14.5 Å². The summed E-state index contributed by atoms with van der Waals surface area (Å²) in [6.45, 7) is 0. The van der Waals surface area contributed by atoms with Gasteiger partial charge in [-0.05, 0) is 30.3 Å². The van der Waals surface area contributed by atoms with E-state index in [1.54, 1.807) is 24.8 Å². The highest BCUT2D eigenvalue weighted by atomic mass is 16.5. The van der Waals surface area contributed by atoms with Crippen LogP contribution in [0.2, 0.25) is 0 Å². The van der Waals surface area contributed by atoms with Gasteiger partial charge in [0, 0.05) is 47.6 Å². The number of aromatic nitrogens is 3. The van der Waals surface area contributed by atoms with Gasteiger partial charge in [-0.1, -0.05) is 30.3 Å². The van der Waals surface area contributed by atoms with Gasteiger partial charge in [-0.25, -0.2) is 9.97 Å². The second kappa shape index (κ2) is 7.59. The second-order valence-electron chi connectivity index (χ2n) is 7.24. The molecule has 0 saturated heterocycles. The number of ether oxygens (including phenoxy) is 2. The van der Waals surface area contributed by atoms with Crippen molar-refractivity contribution in [2.24, 2.45) is 0 Å². The SMILES string of the molecule is c1ccc(Oc2cccc(Oc3cc(-n4ccnc4)cc4c3oc3ccccc34)c2)nc1. The van der Waals surface area contributed by atoms with Gasteiger partial charge in [-0.3, -0.25) is 0 Å². The predicted molar refractivity (Wildman–Crippen MR) is 122 cm³/mol. The summed E-state index contributed by atoms with van der Waals surface area (Å²) in [5.74, 6) is 2.39. The molecule has 154 valence electrons. The summed E-state index contributed by atoms with van der Waals surface area (Å²) in [4.78, 5) is 8.38. The molecule has 0 saturated carbocycles. The first-order chi connectivity index (χ1) is 15.8. The smallest absolute Gasteiger partial charge is 0.219 e. The summed E-state index contributed by atoms with van der Waals surface area (Å²) in [6, 6.07) is 25.0. The molecule has 6 aromatic rings. The van der Waals surface area contributed by atoms with E-state index in [4.69, 9.17) is 13.9 Å². The van der Waals surface area contributed by atoms with Crippen molar-refractivity contribution in [3.8, 4) is 28.8 Å². The lowest BCUT2D eigenvalue weighted by atomic mass is 10.1. The van der Waals surface area contributed by atoms with Gasteiger partial charge in [0.15, 0.2) is 11.3 Å². The zero-order valence-electron chi connectivity index (χ0n) is 16.9. The van der Waals surface area contributed by atoms with Crippen LogP contribution >= 0.6 is 0 Å². The first-order valence-corrected chi connectivity index (χ1v) is 10.1. The van der Waals surface area contributed by atoms with Crippen LogP contribution in [0, 0.1) is 0 Å². The normalized spacial score (nSPS) is 11.1. The lowest BCUT2D eigenvalue weighted by Crippen LogP contribution is -1.93. The molecular formula is C26H17N3O3. The van der Waals surface area contributed by atoms with Gasteiger partial charge in [0.2, 0.25) is 5.88 Å². The summed E-state index contributed by atoms with van der Waals surface area (Å²) in [6.07, 6.45) is 7.09. The summed E-state index contributed by atoms with van der Waals surface area (Å²) < 4.78 is 20.3. The Morgan fingerprint density at radius 1 is 0.750 bits per heavy atom. The third-order valence-corrected chi connectivity index (χ3v) is 5.12. The van der Waals surface area contributed by atoms with Crippen LogP contribution in [-0.2, 0) is 0 Å². The Hall–Kier alpha value is -4.58. The van der Waals surface area contributed by atoms with Crippen molar-refractivity contribution < 1.29 is 13.9 Å². The van der Waals surface area contributed by atoms with Gasteiger partial charge in [0.1, 0.15) is 17.1 Å². The average molecular weight is 419 g/mol. The van der Waals surface area contributed by atoms with Crippen LogP contribution in [0.4, 0.5) is 0 Å². The van der Waals surface area contributed by atoms with Gasteiger partial charge in [-0.15, -0.1) is 0 Å². The fourth-order valence-corrected chi connectivity index (χ4v) is 3.67. The maximum Gasteiger partial charge on any atom is 0.219 e. The van der Waals surface area contributed by atoms with E-state index in [2.05, 4.69) is 16.0 Å². The highest BCUT2D eigenvalue weighted by Gasteiger charge is 2.15. The molecular weight excluding hydrogens is 402 g/mol. The first kappa shape index (κ1) is 18.2. The van der Waals surface area contributed by atoms with Gasteiger partial charge in [0.05, 0.1) is 12.0 Å². The number of fused-ring (bicyclic) bond motifs is 3. The molecule has 0 atom stereocenters. The van der Waals surface area contributed by atoms with Crippen molar-refractivity contribution in [2.75, 3.05) is 0 Å². The largest absolute Gasteiger partial charge is 0.453 e. The van der Waals surface area contributed by atoms with Crippen LogP contribution in [0.1, 0.15) is 0 Å². The molecule has 6 heteroatoms. The molecule has 32 heavy (non-hydrogen) atoms. The predicted octanol–water partition coefficient (Wildman–Crippen LogP) is 6.75. The molecule has 0 amide bonds. The van der Waals surface area contributed by atoms with E-state index in [1.165, 1.54) is 0 Å². The standard InChI is InChI=1S/C26H17N3O3/c1-2-9-23-21(8-1)22-14-18(29-13-12-27-17-29)15-24(26(22)32-23)30-19-6-5-7-20(16-19)31-25-10-3-4-11-28-25/h1-17H. The van der Waals surface area contributed by atoms with Crippen molar-refractivity contribution in [3.63, 3.8) is 0 Å². The molecule has 6 nitrogen and oxygen atoms in total. The van der Waals surface area contributed by atoms with E-state index in [1.807, 2.05) is 77.5 Å². The Labute approximate surface area is 183 Å². The third kappa shape index (κ3) is 3.33. The lowest BCUT2D eigenvalue weighted by molar-refractivity contribution is 0.447. The molecule has 0 bridgehead atoms. The fourth-order valence-electron chi connectivity index (χ4n) is 3.67. The zero-order valence-corrected chi connectivity index (χ0v) is 16.9. The van der Waals surface area contributed by atoms with Crippen molar-refractivity contribution >= 4 is 21.9 Å². The number of hydrogen-bond donors (Lipinski definition) is 0. The van der Waals surface area contributed by atoms with Crippen molar-refractivity contribution in [3.05, 3.63) is 104 Å². The number of nitrogens with zero attached hydrogens (tertiary/aromatic N) is 3. The number of imidazole rings is 1. The van der Waals surface area contributed by atoms with Crippen LogP contribution in [0.25, 0.3) is 27.6 Å². The van der Waals surface area contributed by atoms with Crippen LogP contribution in [0.3, 0.4) is 0 Å². The molecule has 0 radical (unpaired) electrons. The van der Waals surface area contributed by atoms with Crippen molar-refractivity contribution in [1.82, 2.24) is 14.5 Å². The number of para-hydroxylation sites is 1. The monoisotopic (exact) mass is 419 g/mol. The lowest BCUT2D eigenvalue weighted by Gasteiger charge is -2.11. The molecule has 3 aromatic heterocycles. The van der Waals surface area contributed by atoms with Gasteiger partial charge < -0.3 is 18.5 Å². The minimum Gasteiger partial charge on any atom is -0.453 e. The molecule has 0 spiro atoms. The second-order valence-corrected chi connectivity index (χ2v) is 7.24. The first-order valence-electron chi connectivity index (χ1n) is 10.1. The van der Waals surface area contributed by atoms with Crippen LogP contribution in [0.5, 0.6) is 23.1 Å². The summed E-state index contributed by atoms with van der Waals surface area (Å²) in [5.41, 5.74) is 2.42. The number of hydrogen-bond acceptors (Lipinski definition) is 5. The molecule has 0 N–H and O–H groups in total. The molecule has 0 unspecified atom stereocenters. The van der Waals surface area contributed by atoms with E-state index >= 15 is 0 Å². The van der Waals surface area contributed by atoms with Gasteiger partial charge >= 0.3 is 0 Å². The number of furan rings is 1. The molecule has 0 aliphatic carbocycles. The summed E-state index contributed by atoms with van der Waals surface area (Å²) in [5, 5.41) is 2.00. The third-order valence-electron chi connectivity index (χ3n) is 5.12. The van der Waals surface area contributed by atoms with E-state index in [0.717, 1.165) is 22.0 Å². The van der Waals surface area contributed by atoms with E-state index in [9.17, 15) is 0 Å². The van der Waals surface area contributed by atoms with Gasteiger partial charge in [0.25, 0.3) is 0 Å². The Bertz CT molecular complexity index is 1520. The fraction of sp³-hybridized carbons (Fsp3) is 0. The Balaban J connectivity index is 1.44. The van der Waals surface area contributed by atoms with Crippen molar-refractivity contribution in [1.29, 1.82) is 0 Å². The van der Waals surface area contributed by atoms with Crippen LogP contribution < -0.4 is 9.47 Å². The quantitative estimate of drug-likeness (QED) is 0.309. The maximum absolute atomic E-state index is 6.31. The average Bonchev–Trinajstić information content (AvgIpc) is 3.49.